The van der Waals surface area contributed by atoms with E-state index in [-0.39, 0.29) is 23.4 Å². The first-order valence-corrected chi connectivity index (χ1v) is 9.30. The Balaban J connectivity index is 0.00000243. The van der Waals surface area contributed by atoms with Crippen molar-refractivity contribution in [2.45, 2.75) is 45.6 Å². The number of likely N-dealkylation sites (tertiary alicyclic amines) is 1. The molecule has 5 nitrogen and oxygen atoms in total. The normalized spacial score (nSPS) is 29.1. The summed E-state index contributed by atoms with van der Waals surface area (Å²) in [5.74, 6) is 0.370. The minimum atomic E-state index is -0.483. The molecule has 3 atom stereocenters. The van der Waals surface area contributed by atoms with E-state index in [1.807, 2.05) is 19.2 Å². The van der Waals surface area contributed by atoms with Gasteiger partial charge in [0.2, 0.25) is 0 Å². The van der Waals surface area contributed by atoms with Crippen LogP contribution < -0.4 is 5.73 Å². The maximum atomic E-state index is 11.6. The third-order valence-electron chi connectivity index (χ3n) is 5.77. The van der Waals surface area contributed by atoms with Crippen molar-refractivity contribution in [1.82, 2.24) is 9.88 Å². The van der Waals surface area contributed by atoms with Gasteiger partial charge in [0.15, 0.2) is 0 Å². The van der Waals surface area contributed by atoms with Crippen molar-refractivity contribution in [2.75, 3.05) is 26.7 Å². The van der Waals surface area contributed by atoms with Crippen LogP contribution in [0.4, 0.5) is 0 Å². The number of halogens is 1. The number of primary amides is 1. The molecular weight excluding hydrogens is 350 g/mol. The predicted octanol–water partition coefficient (Wildman–Crippen LogP) is 3.22. The minimum absolute atomic E-state index is 0. The van der Waals surface area contributed by atoms with Crippen LogP contribution in [0.15, 0.2) is 18.3 Å². The Morgan fingerprint density at radius 1 is 1.35 bits per heavy atom. The molecule has 0 aromatic carbocycles. The minimum Gasteiger partial charge on any atom is -0.373 e. The molecule has 3 rings (SSSR count). The van der Waals surface area contributed by atoms with E-state index >= 15 is 0 Å². The number of rotatable bonds is 4. The number of carbonyl (C=O) groups is 1. The highest BCUT2D eigenvalue weighted by Gasteiger charge is 2.53. The number of nitrogens with zero attached hydrogens (tertiary/aromatic N) is 2. The summed E-state index contributed by atoms with van der Waals surface area (Å²) in [6.07, 6.45) is 5.24. The third kappa shape index (κ3) is 3.90. The zero-order valence-corrected chi connectivity index (χ0v) is 17.1. The van der Waals surface area contributed by atoms with E-state index in [0.29, 0.717) is 17.5 Å². The van der Waals surface area contributed by atoms with Crippen molar-refractivity contribution >= 4 is 18.3 Å². The molecule has 1 saturated heterocycles. The number of nitrogens with two attached hydrogens (primary N) is 1. The SMILES string of the molecule is CO[C@]1(c2ccnc(C(N)=O)c2)[C@@H]2CCC[C@H]1CN(CC(C)(C)C)C2.Cl. The number of fused-ring (bicyclic) bond motifs is 2. The van der Waals surface area contributed by atoms with Crippen LogP contribution in [0.25, 0.3) is 0 Å². The molecule has 2 bridgehead atoms. The topological polar surface area (TPSA) is 68.5 Å². The molecule has 0 spiro atoms. The number of methoxy groups -OCH3 is 1. The Morgan fingerprint density at radius 2 is 1.96 bits per heavy atom. The van der Waals surface area contributed by atoms with Crippen LogP contribution in [0.2, 0.25) is 0 Å². The lowest BCUT2D eigenvalue weighted by atomic mass is 9.62. The van der Waals surface area contributed by atoms with Gasteiger partial charge in [-0.2, -0.15) is 0 Å². The molecule has 0 unspecified atom stereocenters. The summed E-state index contributed by atoms with van der Waals surface area (Å²) >= 11 is 0. The molecular formula is C20H32ClN3O2. The molecule has 1 amide bonds. The van der Waals surface area contributed by atoms with E-state index in [4.69, 9.17) is 10.5 Å². The van der Waals surface area contributed by atoms with Crippen molar-refractivity contribution in [3.8, 4) is 0 Å². The molecule has 1 aliphatic carbocycles. The lowest BCUT2D eigenvalue weighted by molar-refractivity contribution is -0.171. The summed E-state index contributed by atoms with van der Waals surface area (Å²) in [7, 11) is 1.81. The quantitative estimate of drug-likeness (QED) is 0.869. The van der Waals surface area contributed by atoms with E-state index in [1.165, 1.54) is 6.42 Å². The van der Waals surface area contributed by atoms with Crippen LogP contribution in [0.1, 0.15) is 56.1 Å². The average molecular weight is 382 g/mol. The van der Waals surface area contributed by atoms with Gasteiger partial charge in [0.1, 0.15) is 11.3 Å². The van der Waals surface area contributed by atoms with Crippen LogP contribution in [-0.2, 0) is 10.3 Å². The summed E-state index contributed by atoms with van der Waals surface area (Å²) in [6, 6.07) is 3.84. The van der Waals surface area contributed by atoms with Crippen molar-refractivity contribution in [2.24, 2.45) is 23.0 Å². The van der Waals surface area contributed by atoms with E-state index in [9.17, 15) is 4.79 Å². The van der Waals surface area contributed by atoms with Crippen molar-refractivity contribution in [3.63, 3.8) is 0 Å². The van der Waals surface area contributed by atoms with Crippen LogP contribution >= 0.6 is 12.4 Å². The zero-order chi connectivity index (χ0) is 18.2. The van der Waals surface area contributed by atoms with Crippen LogP contribution in [0.3, 0.4) is 0 Å². The predicted molar refractivity (Wildman–Crippen MR) is 105 cm³/mol. The second-order valence-corrected chi connectivity index (χ2v) is 8.87. The molecule has 2 N–H and O–H groups in total. The molecule has 26 heavy (non-hydrogen) atoms. The number of aromatic nitrogens is 1. The summed E-state index contributed by atoms with van der Waals surface area (Å²) < 4.78 is 6.24. The molecule has 1 saturated carbocycles. The van der Waals surface area contributed by atoms with Gasteiger partial charge in [-0.15, -0.1) is 12.4 Å². The first kappa shape index (κ1) is 21.1. The smallest absolute Gasteiger partial charge is 0.267 e. The number of hydrogen-bond acceptors (Lipinski definition) is 4. The van der Waals surface area contributed by atoms with Gasteiger partial charge in [0.25, 0.3) is 5.91 Å². The van der Waals surface area contributed by atoms with E-state index in [0.717, 1.165) is 38.0 Å². The standard InChI is InChI=1S/C20H31N3O2.ClH/c1-19(2,3)13-23-11-15-6-5-7-16(12-23)20(15,25-4)14-8-9-22-17(10-14)18(21)24;/h8-10,15-16H,5-7,11-13H2,1-4H3,(H2,21,24);1H/t15-,16+,20-;. The molecule has 6 heteroatoms. The number of hydrogen-bond donors (Lipinski definition) is 1. The fourth-order valence-electron chi connectivity index (χ4n) is 5.06. The van der Waals surface area contributed by atoms with Gasteiger partial charge < -0.3 is 15.4 Å². The Bertz CT molecular complexity index is 630. The van der Waals surface area contributed by atoms with Gasteiger partial charge in [-0.1, -0.05) is 27.2 Å². The molecule has 1 aromatic rings. The molecule has 0 radical (unpaired) electrons. The molecule has 2 heterocycles. The van der Waals surface area contributed by atoms with Crippen molar-refractivity contribution < 1.29 is 9.53 Å². The first-order chi connectivity index (χ1) is 11.8. The van der Waals surface area contributed by atoms with Crippen molar-refractivity contribution in [3.05, 3.63) is 29.6 Å². The number of amides is 1. The third-order valence-corrected chi connectivity index (χ3v) is 5.77. The van der Waals surface area contributed by atoms with E-state index in [1.54, 1.807) is 6.20 Å². The first-order valence-electron chi connectivity index (χ1n) is 9.30. The molecule has 2 fully saturated rings. The lowest BCUT2D eigenvalue weighted by Gasteiger charge is -2.56. The number of ether oxygens (including phenoxy) is 1. The fourth-order valence-corrected chi connectivity index (χ4v) is 5.06. The van der Waals surface area contributed by atoms with Crippen molar-refractivity contribution in [1.29, 1.82) is 0 Å². The highest BCUT2D eigenvalue weighted by molar-refractivity contribution is 5.90. The van der Waals surface area contributed by atoms with Gasteiger partial charge >= 0.3 is 0 Å². The molecule has 1 aromatic heterocycles. The second-order valence-electron chi connectivity index (χ2n) is 8.87. The Kier molecular flexibility index (Phi) is 6.36. The Hall–Kier alpha value is -1.17. The molecule has 2 aliphatic rings. The fraction of sp³-hybridized carbons (Fsp3) is 0.700. The van der Waals surface area contributed by atoms with Gasteiger partial charge in [0, 0.05) is 44.8 Å². The Morgan fingerprint density at radius 3 is 2.46 bits per heavy atom. The lowest BCUT2D eigenvalue weighted by Crippen LogP contribution is -2.60. The van der Waals surface area contributed by atoms with Gasteiger partial charge in [-0.25, -0.2) is 0 Å². The largest absolute Gasteiger partial charge is 0.373 e. The van der Waals surface area contributed by atoms with Gasteiger partial charge in [-0.3, -0.25) is 9.78 Å². The zero-order valence-electron chi connectivity index (χ0n) is 16.3. The number of carbonyl (C=O) groups excluding carboxylic acids is 1. The summed E-state index contributed by atoms with van der Waals surface area (Å²) in [5, 5.41) is 0. The highest BCUT2D eigenvalue weighted by atomic mass is 35.5. The Labute approximate surface area is 163 Å². The average Bonchev–Trinajstić information content (AvgIpc) is 2.52. The maximum Gasteiger partial charge on any atom is 0.267 e. The summed E-state index contributed by atoms with van der Waals surface area (Å²) in [5.41, 5.74) is 6.79. The van der Waals surface area contributed by atoms with Crippen LogP contribution in [-0.4, -0.2) is 42.5 Å². The maximum absolute atomic E-state index is 11.6. The van der Waals surface area contributed by atoms with E-state index < -0.39 is 5.91 Å². The number of pyridine rings is 1. The van der Waals surface area contributed by atoms with Crippen LogP contribution in [0.5, 0.6) is 0 Å². The highest BCUT2D eigenvalue weighted by Crippen LogP contribution is 2.51. The van der Waals surface area contributed by atoms with Crippen LogP contribution in [0, 0.1) is 17.3 Å². The molecule has 146 valence electrons. The second kappa shape index (κ2) is 7.83. The van der Waals surface area contributed by atoms with Gasteiger partial charge in [0.05, 0.1) is 0 Å². The monoisotopic (exact) mass is 381 g/mol. The molecule has 1 aliphatic heterocycles. The van der Waals surface area contributed by atoms with E-state index in [2.05, 4.69) is 30.7 Å². The van der Waals surface area contributed by atoms with Gasteiger partial charge in [-0.05, 0) is 36.0 Å². The summed E-state index contributed by atoms with van der Waals surface area (Å²) in [4.78, 5) is 18.3. The summed E-state index contributed by atoms with van der Waals surface area (Å²) in [6.45, 7) is 10.1. The number of piperidine rings is 1.